The fraction of sp³-hybridized carbons (Fsp3) is 0.176. The summed E-state index contributed by atoms with van der Waals surface area (Å²) in [6.07, 6.45) is 3.58. The van der Waals surface area contributed by atoms with Crippen LogP contribution >= 0.6 is 15.9 Å². The average Bonchev–Trinajstić information content (AvgIpc) is 2.57. The maximum absolute atomic E-state index is 12.6. The van der Waals surface area contributed by atoms with Crippen molar-refractivity contribution in [1.82, 2.24) is 4.98 Å². The summed E-state index contributed by atoms with van der Waals surface area (Å²) in [5.41, 5.74) is 1.58. The van der Waals surface area contributed by atoms with Crippen molar-refractivity contribution in [2.75, 3.05) is 34.8 Å². The number of halogens is 1. The van der Waals surface area contributed by atoms with Gasteiger partial charge in [-0.05, 0) is 36.4 Å². The smallest absolute Gasteiger partial charge is 0.326 e. The lowest BCUT2D eigenvalue weighted by atomic mass is 10.2. The highest BCUT2D eigenvalue weighted by Gasteiger charge is 2.27. The second-order valence-electron chi connectivity index (χ2n) is 5.17. The van der Waals surface area contributed by atoms with Crippen LogP contribution in [0.1, 0.15) is 0 Å². The highest BCUT2D eigenvalue weighted by Crippen LogP contribution is 2.31. The van der Waals surface area contributed by atoms with Crippen molar-refractivity contribution in [3.8, 4) is 0 Å². The first-order valence-corrected chi connectivity index (χ1v) is 8.13. The molecule has 118 valence electrons. The lowest BCUT2D eigenvalue weighted by Crippen LogP contribution is -2.46. The van der Waals surface area contributed by atoms with E-state index >= 15 is 0 Å². The number of amides is 2. The number of anilines is 3. The zero-order valence-electron chi connectivity index (χ0n) is 12.6. The van der Waals surface area contributed by atoms with E-state index in [9.17, 15) is 4.79 Å². The number of benzene rings is 1. The molecule has 23 heavy (non-hydrogen) atoms. The molecule has 0 unspecified atom stereocenters. The van der Waals surface area contributed by atoms with Gasteiger partial charge in [-0.3, -0.25) is 4.90 Å². The molecule has 1 aliphatic heterocycles. The fourth-order valence-corrected chi connectivity index (χ4v) is 2.82. The molecule has 0 spiro atoms. The molecule has 0 fully saturated rings. The van der Waals surface area contributed by atoms with Crippen LogP contribution in [-0.2, 0) is 0 Å². The SMILES string of the molecule is C=CCN1CCN(C(=O)Nc2ccc(Br)cc2)c2cccnc21. The Morgan fingerprint density at radius 3 is 2.83 bits per heavy atom. The minimum Gasteiger partial charge on any atom is -0.349 e. The Labute approximate surface area is 143 Å². The van der Waals surface area contributed by atoms with Gasteiger partial charge in [0.2, 0.25) is 0 Å². The highest BCUT2D eigenvalue weighted by molar-refractivity contribution is 9.10. The summed E-state index contributed by atoms with van der Waals surface area (Å²) in [5.74, 6) is 0.810. The van der Waals surface area contributed by atoms with Gasteiger partial charge in [0, 0.05) is 36.0 Å². The van der Waals surface area contributed by atoms with Gasteiger partial charge in [0.05, 0.1) is 5.69 Å². The van der Waals surface area contributed by atoms with Crippen LogP contribution in [0.5, 0.6) is 0 Å². The molecule has 2 heterocycles. The number of hydrogen-bond donors (Lipinski definition) is 1. The summed E-state index contributed by atoms with van der Waals surface area (Å²) in [5, 5.41) is 2.93. The normalized spacial score (nSPS) is 13.4. The van der Waals surface area contributed by atoms with E-state index in [-0.39, 0.29) is 6.03 Å². The van der Waals surface area contributed by atoms with Crippen LogP contribution < -0.4 is 15.1 Å². The molecule has 3 rings (SSSR count). The minimum atomic E-state index is -0.153. The van der Waals surface area contributed by atoms with Crippen LogP contribution in [0.4, 0.5) is 22.0 Å². The van der Waals surface area contributed by atoms with Crippen molar-refractivity contribution < 1.29 is 4.79 Å². The van der Waals surface area contributed by atoms with E-state index in [1.165, 1.54) is 0 Å². The summed E-state index contributed by atoms with van der Waals surface area (Å²) in [7, 11) is 0. The average molecular weight is 373 g/mol. The summed E-state index contributed by atoms with van der Waals surface area (Å²) in [6, 6.07) is 11.1. The zero-order valence-corrected chi connectivity index (χ0v) is 14.2. The summed E-state index contributed by atoms with van der Waals surface area (Å²) >= 11 is 3.39. The number of nitrogens with zero attached hydrogens (tertiary/aromatic N) is 3. The number of aromatic nitrogens is 1. The molecule has 0 atom stereocenters. The second kappa shape index (κ2) is 6.83. The van der Waals surface area contributed by atoms with Crippen LogP contribution in [0.15, 0.2) is 59.7 Å². The van der Waals surface area contributed by atoms with Crippen molar-refractivity contribution in [1.29, 1.82) is 0 Å². The van der Waals surface area contributed by atoms with Crippen molar-refractivity contribution in [2.24, 2.45) is 0 Å². The zero-order chi connectivity index (χ0) is 16.2. The molecule has 0 aliphatic carbocycles. The third kappa shape index (κ3) is 3.37. The maximum atomic E-state index is 12.6. The monoisotopic (exact) mass is 372 g/mol. The standard InChI is InChI=1S/C17H17BrN4O/c1-2-10-21-11-12-22(15-4-3-9-19-16(15)21)17(23)20-14-7-5-13(18)6-8-14/h2-9H,1,10-12H2,(H,20,23). The van der Waals surface area contributed by atoms with E-state index in [4.69, 9.17) is 0 Å². The molecular weight excluding hydrogens is 356 g/mol. The molecule has 1 N–H and O–H groups in total. The predicted octanol–water partition coefficient (Wildman–Crippen LogP) is 3.89. The Balaban J connectivity index is 1.82. The van der Waals surface area contributed by atoms with Gasteiger partial charge >= 0.3 is 6.03 Å². The molecule has 1 aromatic carbocycles. The van der Waals surface area contributed by atoms with E-state index in [1.807, 2.05) is 42.5 Å². The summed E-state index contributed by atoms with van der Waals surface area (Å²) in [6.45, 7) is 5.83. The molecule has 6 heteroatoms. The lowest BCUT2D eigenvalue weighted by Gasteiger charge is -2.36. The number of pyridine rings is 1. The van der Waals surface area contributed by atoms with Gasteiger partial charge in [-0.15, -0.1) is 6.58 Å². The number of carbonyl (C=O) groups excluding carboxylic acids is 1. The van der Waals surface area contributed by atoms with Gasteiger partial charge in [0.15, 0.2) is 5.82 Å². The molecule has 2 aromatic rings. The Bertz CT molecular complexity index is 717. The first-order chi connectivity index (χ1) is 11.2. The van der Waals surface area contributed by atoms with E-state index in [0.717, 1.165) is 28.2 Å². The van der Waals surface area contributed by atoms with Gasteiger partial charge in [0.25, 0.3) is 0 Å². The van der Waals surface area contributed by atoms with E-state index < -0.39 is 0 Å². The van der Waals surface area contributed by atoms with Gasteiger partial charge in [0.1, 0.15) is 0 Å². The first kappa shape index (κ1) is 15.6. The minimum absolute atomic E-state index is 0.153. The Morgan fingerprint density at radius 2 is 2.09 bits per heavy atom. The number of hydrogen-bond acceptors (Lipinski definition) is 3. The van der Waals surface area contributed by atoms with Gasteiger partial charge in [-0.2, -0.15) is 0 Å². The van der Waals surface area contributed by atoms with Gasteiger partial charge < -0.3 is 10.2 Å². The molecule has 2 amide bonds. The van der Waals surface area contributed by atoms with Gasteiger partial charge in [-0.25, -0.2) is 9.78 Å². The van der Waals surface area contributed by atoms with E-state index in [2.05, 4.69) is 37.7 Å². The van der Waals surface area contributed by atoms with Gasteiger partial charge in [-0.1, -0.05) is 22.0 Å². The third-order valence-electron chi connectivity index (χ3n) is 3.64. The molecule has 5 nitrogen and oxygen atoms in total. The van der Waals surface area contributed by atoms with Crippen LogP contribution in [0, 0.1) is 0 Å². The van der Waals surface area contributed by atoms with Crippen molar-refractivity contribution in [2.45, 2.75) is 0 Å². The number of urea groups is 1. The van der Waals surface area contributed by atoms with Crippen LogP contribution in [0.3, 0.4) is 0 Å². The molecule has 0 bridgehead atoms. The molecule has 0 radical (unpaired) electrons. The quantitative estimate of drug-likeness (QED) is 0.831. The van der Waals surface area contributed by atoms with Crippen LogP contribution in [-0.4, -0.2) is 30.6 Å². The van der Waals surface area contributed by atoms with E-state index in [1.54, 1.807) is 11.1 Å². The predicted molar refractivity (Wildman–Crippen MR) is 97.2 cm³/mol. The topological polar surface area (TPSA) is 48.5 Å². The molecule has 1 aromatic heterocycles. The van der Waals surface area contributed by atoms with Crippen LogP contribution in [0.25, 0.3) is 0 Å². The van der Waals surface area contributed by atoms with Crippen molar-refractivity contribution >= 4 is 39.2 Å². The molecular formula is C17H17BrN4O. The van der Waals surface area contributed by atoms with E-state index in [0.29, 0.717) is 13.1 Å². The van der Waals surface area contributed by atoms with Crippen LogP contribution in [0.2, 0.25) is 0 Å². The number of fused-ring (bicyclic) bond motifs is 1. The first-order valence-electron chi connectivity index (χ1n) is 7.34. The largest absolute Gasteiger partial charge is 0.349 e. The third-order valence-corrected chi connectivity index (χ3v) is 4.17. The number of rotatable bonds is 3. The van der Waals surface area contributed by atoms with Crippen molar-refractivity contribution in [3.63, 3.8) is 0 Å². The Kier molecular flexibility index (Phi) is 4.62. The Morgan fingerprint density at radius 1 is 1.30 bits per heavy atom. The van der Waals surface area contributed by atoms with Crippen molar-refractivity contribution in [3.05, 3.63) is 59.7 Å². The Hall–Kier alpha value is -2.34. The lowest BCUT2D eigenvalue weighted by molar-refractivity contribution is 0.256. The molecule has 0 saturated carbocycles. The second-order valence-corrected chi connectivity index (χ2v) is 6.09. The maximum Gasteiger partial charge on any atom is 0.326 e. The summed E-state index contributed by atoms with van der Waals surface area (Å²) < 4.78 is 0.975. The molecule has 1 aliphatic rings. The number of nitrogens with one attached hydrogen (secondary N) is 1. The molecule has 0 saturated heterocycles. The summed E-state index contributed by atoms with van der Waals surface area (Å²) in [4.78, 5) is 20.9. The highest BCUT2D eigenvalue weighted by atomic mass is 79.9. The number of carbonyl (C=O) groups is 1. The fourth-order valence-electron chi connectivity index (χ4n) is 2.56.